The van der Waals surface area contributed by atoms with Gasteiger partial charge < -0.3 is 10.1 Å². The maximum atomic E-state index is 12.2. The maximum Gasteiger partial charge on any atom is 0.331 e. The minimum atomic E-state index is -3.72. The zero-order valence-corrected chi connectivity index (χ0v) is 17.3. The molecule has 0 unspecified atom stereocenters. The molecule has 1 heterocycles. The number of carbonyl (C=O) groups excluding carboxylic acids is 2. The molecule has 0 aromatic heterocycles. The average molecular weight is 456 g/mol. The summed E-state index contributed by atoms with van der Waals surface area (Å²) in [5.74, 6) is -1.40. The lowest BCUT2D eigenvalue weighted by atomic mass is 10.2. The van der Waals surface area contributed by atoms with Crippen LogP contribution in [0.2, 0.25) is 10.0 Å². The molecule has 1 aliphatic heterocycles. The van der Waals surface area contributed by atoms with Gasteiger partial charge in [-0.15, -0.1) is 0 Å². The summed E-state index contributed by atoms with van der Waals surface area (Å²) in [4.78, 5) is 28.3. The summed E-state index contributed by atoms with van der Waals surface area (Å²) in [6.45, 7) is 0.839. The van der Waals surface area contributed by atoms with E-state index in [-0.39, 0.29) is 26.5 Å². The lowest BCUT2D eigenvalue weighted by Crippen LogP contribution is -2.28. The summed E-state index contributed by atoms with van der Waals surface area (Å²) in [6.07, 6.45) is 0. The monoisotopic (exact) mass is 455 g/mol. The molecule has 0 aliphatic carbocycles. The molecule has 152 valence electrons. The summed E-state index contributed by atoms with van der Waals surface area (Å²) in [5.41, 5.74) is 0.570. The van der Waals surface area contributed by atoms with Crippen molar-refractivity contribution in [3.63, 3.8) is 0 Å². The SMILES string of the molecule is C[C@H](N=C1NS(=O)(=O)c2ccccc21)C(=O)OCC(=O)Nc1c(Cl)cccc1Cl. The molecule has 2 aromatic rings. The molecule has 3 rings (SSSR count). The van der Waals surface area contributed by atoms with E-state index in [1.807, 2.05) is 0 Å². The van der Waals surface area contributed by atoms with Crippen molar-refractivity contribution in [1.29, 1.82) is 0 Å². The van der Waals surface area contributed by atoms with Gasteiger partial charge in [-0.2, -0.15) is 0 Å². The number of benzene rings is 2. The molecule has 11 heteroatoms. The third-order valence-corrected chi connectivity index (χ3v) is 5.93. The number of fused-ring (bicyclic) bond motifs is 1. The van der Waals surface area contributed by atoms with Crippen LogP contribution in [0.4, 0.5) is 5.69 Å². The lowest BCUT2D eigenvalue weighted by Gasteiger charge is -2.11. The number of sulfonamides is 1. The molecule has 0 bridgehead atoms. The Labute approximate surface area is 176 Å². The number of amides is 1. The summed E-state index contributed by atoms with van der Waals surface area (Å²) >= 11 is 11.9. The first-order valence-electron chi connectivity index (χ1n) is 8.29. The van der Waals surface area contributed by atoms with Crippen LogP contribution in [-0.2, 0) is 24.3 Å². The van der Waals surface area contributed by atoms with Gasteiger partial charge in [0.2, 0.25) is 0 Å². The number of nitrogens with one attached hydrogen (secondary N) is 2. The third kappa shape index (κ3) is 4.69. The fourth-order valence-corrected chi connectivity index (χ4v) is 4.26. The number of ether oxygens (including phenoxy) is 1. The highest BCUT2D eigenvalue weighted by molar-refractivity contribution is 7.90. The second-order valence-electron chi connectivity index (χ2n) is 6.01. The Morgan fingerprint density at radius 2 is 1.79 bits per heavy atom. The van der Waals surface area contributed by atoms with E-state index in [1.54, 1.807) is 36.4 Å². The first-order chi connectivity index (χ1) is 13.7. The minimum Gasteiger partial charge on any atom is -0.454 e. The van der Waals surface area contributed by atoms with E-state index in [4.69, 9.17) is 27.9 Å². The normalized spacial score (nSPS) is 16.6. The van der Waals surface area contributed by atoms with Crippen LogP contribution in [-0.4, -0.2) is 38.8 Å². The van der Waals surface area contributed by atoms with E-state index < -0.39 is 34.5 Å². The molecule has 0 saturated heterocycles. The van der Waals surface area contributed by atoms with E-state index in [9.17, 15) is 18.0 Å². The molecule has 0 fully saturated rings. The van der Waals surface area contributed by atoms with Crippen LogP contribution in [0.3, 0.4) is 0 Å². The number of carbonyl (C=O) groups is 2. The van der Waals surface area contributed by atoms with Crippen LogP contribution in [0.5, 0.6) is 0 Å². The van der Waals surface area contributed by atoms with Crippen LogP contribution in [0.25, 0.3) is 0 Å². The van der Waals surface area contributed by atoms with Gasteiger partial charge in [-0.1, -0.05) is 41.4 Å². The van der Waals surface area contributed by atoms with E-state index in [0.717, 1.165) is 0 Å². The van der Waals surface area contributed by atoms with Crippen molar-refractivity contribution in [1.82, 2.24) is 4.72 Å². The summed E-state index contributed by atoms with van der Waals surface area (Å²) in [6, 6.07) is 9.93. The highest BCUT2D eigenvalue weighted by Crippen LogP contribution is 2.29. The zero-order valence-electron chi connectivity index (χ0n) is 15.0. The highest BCUT2D eigenvalue weighted by Gasteiger charge is 2.31. The standard InChI is InChI=1S/C18H15Cl2N3O5S/c1-10(21-17-11-5-2-3-8-14(11)29(26,27)23-17)18(25)28-9-15(24)22-16-12(19)6-4-7-13(16)20/h2-8,10H,9H2,1H3,(H,21,23)(H,22,24)/t10-/m0/s1. The van der Waals surface area contributed by atoms with E-state index in [2.05, 4.69) is 15.0 Å². The van der Waals surface area contributed by atoms with Crippen LogP contribution in [0, 0.1) is 0 Å². The fourth-order valence-electron chi connectivity index (χ4n) is 2.53. The van der Waals surface area contributed by atoms with Gasteiger partial charge in [-0.25, -0.2) is 13.2 Å². The van der Waals surface area contributed by atoms with Gasteiger partial charge in [-0.05, 0) is 31.2 Å². The van der Waals surface area contributed by atoms with Crippen LogP contribution >= 0.6 is 23.2 Å². The molecule has 1 amide bonds. The van der Waals surface area contributed by atoms with Crippen molar-refractivity contribution < 1.29 is 22.7 Å². The average Bonchev–Trinajstić information content (AvgIpc) is 2.93. The number of aliphatic imine (C=N–C) groups is 1. The molecular formula is C18H15Cl2N3O5S. The third-order valence-electron chi connectivity index (χ3n) is 3.90. The quantitative estimate of drug-likeness (QED) is 0.672. The van der Waals surface area contributed by atoms with Gasteiger partial charge in [0.05, 0.1) is 20.6 Å². The second kappa shape index (κ2) is 8.40. The van der Waals surface area contributed by atoms with E-state index in [0.29, 0.717) is 5.56 Å². The summed E-state index contributed by atoms with van der Waals surface area (Å²) < 4.78 is 31.4. The van der Waals surface area contributed by atoms with E-state index in [1.165, 1.54) is 13.0 Å². The number of anilines is 1. The van der Waals surface area contributed by atoms with Crippen molar-refractivity contribution in [3.05, 3.63) is 58.1 Å². The van der Waals surface area contributed by atoms with E-state index >= 15 is 0 Å². The van der Waals surface area contributed by atoms with Crippen LogP contribution in [0.15, 0.2) is 52.4 Å². The van der Waals surface area contributed by atoms with Gasteiger partial charge in [0.15, 0.2) is 6.61 Å². The Bertz CT molecular complexity index is 1100. The smallest absolute Gasteiger partial charge is 0.331 e. The van der Waals surface area contributed by atoms with Gasteiger partial charge in [0.25, 0.3) is 15.9 Å². The molecular weight excluding hydrogens is 441 g/mol. The Balaban J connectivity index is 1.63. The maximum absolute atomic E-state index is 12.2. The van der Waals surface area contributed by atoms with Crippen molar-refractivity contribution in [2.24, 2.45) is 4.99 Å². The Morgan fingerprint density at radius 1 is 1.14 bits per heavy atom. The lowest BCUT2D eigenvalue weighted by molar-refractivity contribution is -0.148. The van der Waals surface area contributed by atoms with Crippen molar-refractivity contribution in [2.75, 3.05) is 11.9 Å². The molecule has 2 N–H and O–H groups in total. The topological polar surface area (TPSA) is 114 Å². The number of esters is 1. The molecule has 0 saturated carbocycles. The zero-order chi connectivity index (χ0) is 21.2. The Morgan fingerprint density at radius 3 is 2.48 bits per heavy atom. The van der Waals surface area contributed by atoms with Crippen molar-refractivity contribution in [2.45, 2.75) is 17.9 Å². The number of rotatable bonds is 5. The van der Waals surface area contributed by atoms with Gasteiger partial charge in [0.1, 0.15) is 11.9 Å². The minimum absolute atomic E-state index is 0.0392. The van der Waals surface area contributed by atoms with Crippen LogP contribution < -0.4 is 10.0 Å². The number of halogens is 2. The molecule has 1 aliphatic rings. The van der Waals surface area contributed by atoms with Gasteiger partial charge in [-0.3, -0.25) is 14.5 Å². The fraction of sp³-hybridized carbons (Fsp3) is 0.167. The Hall–Kier alpha value is -2.62. The first-order valence-corrected chi connectivity index (χ1v) is 10.5. The second-order valence-corrected chi connectivity index (χ2v) is 8.47. The molecule has 29 heavy (non-hydrogen) atoms. The first kappa shape index (κ1) is 21.1. The van der Waals surface area contributed by atoms with Gasteiger partial charge in [0, 0.05) is 5.56 Å². The molecule has 1 atom stereocenters. The molecule has 0 spiro atoms. The Kier molecular flexibility index (Phi) is 6.11. The molecule has 8 nitrogen and oxygen atoms in total. The number of para-hydroxylation sites is 1. The largest absolute Gasteiger partial charge is 0.454 e. The molecule has 2 aromatic carbocycles. The van der Waals surface area contributed by atoms with Crippen LogP contribution in [0.1, 0.15) is 12.5 Å². The van der Waals surface area contributed by atoms with Gasteiger partial charge >= 0.3 is 5.97 Å². The predicted molar refractivity (Wildman–Crippen MR) is 109 cm³/mol. The van der Waals surface area contributed by atoms with Crippen molar-refractivity contribution >= 4 is 56.6 Å². The number of hydrogen-bond acceptors (Lipinski definition) is 6. The number of amidine groups is 1. The molecule has 0 radical (unpaired) electrons. The predicted octanol–water partition coefficient (Wildman–Crippen LogP) is 2.60. The summed E-state index contributed by atoms with van der Waals surface area (Å²) in [5, 5.41) is 2.94. The number of nitrogens with zero attached hydrogens (tertiary/aromatic N) is 1. The van der Waals surface area contributed by atoms with Crippen molar-refractivity contribution in [3.8, 4) is 0 Å². The highest BCUT2D eigenvalue weighted by atomic mass is 35.5. The summed E-state index contributed by atoms with van der Waals surface area (Å²) in [7, 11) is -3.72. The number of hydrogen-bond donors (Lipinski definition) is 2.